The molecule has 2 aromatic rings. The van der Waals surface area contributed by atoms with Crippen molar-refractivity contribution in [1.29, 1.82) is 0 Å². The molecule has 1 saturated heterocycles. The third-order valence-corrected chi connectivity index (χ3v) is 4.60. The molecule has 3 rings (SSSR count). The third-order valence-electron chi connectivity index (χ3n) is 3.94. The summed E-state index contributed by atoms with van der Waals surface area (Å²) in [6.45, 7) is 1.11. The molecule has 0 unspecified atom stereocenters. The molecule has 2 heterocycles. The quantitative estimate of drug-likeness (QED) is 0.692. The van der Waals surface area contributed by atoms with Crippen LogP contribution in [0.15, 0.2) is 29.8 Å². The highest BCUT2D eigenvalue weighted by Gasteiger charge is 2.31. The van der Waals surface area contributed by atoms with E-state index < -0.39 is 0 Å². The molecule has 0 radical (unpaired) electrons. The van der Waals surface area contributed by atoms with E-state index in [1.54, 1.807) is 50.6 Å². The molecule has 7 nitrogen and oxygen atoms in total. The van der Waals surface area contributed by atoms with E-state index in [2.05, 4.69) is 4.98 Å². The van der Waals surface area contributed by atoms with Crippen molar-refractivity contribution in [1.82, 2.24) is 9.88 Å². The van der Waals surface area contributed by atoms with Gasteiger partial charge in [0.05, 0.1) is 34.4 Å². The number of hydrogen-bond donors (Lipinski definition) is 0. The molecule has 26 heavy (non-hydrogen) atoms. The summed E-state index contributed by atoms with van der Waals surface area (Å²) in [4.78, 5) is 18.1. The highest BCUT2D eigenvalue weighted by molar-refractivity contribution is 7.11. The lowest BCUT2D eigenvalue weighted by molar-refractivity contribution is -0.134. The van der Waals surface area contributed by atoms with Crippen LogP contribution in [0, 0.1) is 0 Å². The second-order valence-electron chi connectivity index (χ2n) is 5.57. The van der Waals surface area contributed by atoms with Gasteiger partial charge in [-0.25, -0.2) is 4.98 Å². The number of ether oxygens (including phenoxy) is 4. The van der Waals surface area contributed by atoms with E-state index in [0.717, 1.165) is 5.56 Å². The summed E-state index contributed by atoms with van der Waals surface area (Å²) in [6, 6.07) is 3.57. The molecular weight excluding hydrogens is 356 g/mol. The van der Waals surface area contributed by atoms with Gasteiger partial charge in [-0.15, -0.1) is 0 Å². The van der Waals surface area contributed by atoms with Gasteiger partial charge >= 0.3 is 0 Å². The SMILES string of the molecule is COc1cc(/C=C/C(=O)N2CC(Oc3nccs3)C2)cc(OC)c1OC. The molecule has 0 N–H and O–H groups in total. The van der Waals surface area contributed by atoms with E-state index in [9.17, 15) is 4.79 Å². The number of carbonyl (C=O) groups is 1. The molecule has 1 aromatic carbocycles. The molecule has 1 aliphatic heterocycles. The average molecular weight is 376 g/mol. The molecule has 1 aliphatic rings. The lowest BCUT2D eigenvalue weighted by Crippen LogP contribution is -2.55. The van der Waals surface area contributed by atoms with Gasteiger partial charge in [-0.1, -0.05) is 11.3 Å². The van der Waals surface area contributed by atoms with Gasteiger partial charge in [0.25, 0.3) is 5.19 Å². The Hall–Kier alpha value is -2.74. The number of rotatable bonds is 7. The van der Waals surface area contributed by atoms with Gasteiger partial charge in [-0.05, 0) is 23.8 Å². The summed E-state index contributed by atoms with van der Waals surface area (Å²) in [6.07, 6.45) is 4.95. The smallest absolute Gasteiger partial charge is 0.273 e. The first-order valence-electron chi connectivity index (χ1n) is 7.97. The average Bonchev–Trinajstić information content (AvgIpc) is 3.14. The van der Waals surface area contributed by atoms with Crippen LogP contribution in [0.1, 0.15) is 5.56 Å². The molecule has 0 atom stereocenters. The standard InChI is InChI=1S/C18H20N2O5S/c1-22-14-8-12(9-15(23-2)17(14)24-3)4-5-16(21)20-10-13(11-20)25-18-19-6-7-26-18/h4-9,13H,10-11H2,1-3H3/b5-4+. The Bertz CT molecular complexity index is 760. The second-order valence-corrected chi connectivity index (χ2v) is 6.43. The van der Waals surface area contributed by atoms with Crippen LogP contribution in [0.5, 0.6) is 22.4 Å². The van der Waals surface area contributed by atoms with Crippen molar-refractivity contribution in [2.24, 2.45) is 0 Å². The first-order chi connectivity index (χ1) is 12.6. The number of methoxy groups -OCH3 is 3. The lowest BCUT2D eigenvalue weighted by atomic mass is 10.1. The fraction of sp³-hybridized carbons (Fsp3) is 0.333. The molecule has 1 fully saturated rings. The number of thiazole rings is 1. The Labute approximate surface area is 155 Å². The minimum Gasteiger partial charge on any atom is -0.493 e. The molecule has 1 aromatic heterocycles. The number of aromatic nitrogens is 1. The van der Waals surface area contributed by atoms with Crippen molar-refractivity contribution in [2.75, 3.05) is 34.4 Å². The van der Waals surface area contributed by atoms with Gasteiger partial charge in [0.2, 0.25) is 11.7 Å². The van der Waals surface area contributed by atoms with Crippen molar-refractivity contribution in [3.05, 3.63) is 35.3 Å². The fourth-order valence-electron chi connectivity index (χ4n) is 2.57. The second kappa shape index (κ2) is 8.09. The Morgan fingerprint density at radius 1 is 1.19 bits per heavy atom. The Kier molecular flexibility index (Phi) is 5.62. The zero-order chi connectivity index (χ0) is 18.5. The number of benzene rings is 1. The Morgan fingerprint density at radius 3 is 2.42 bits per heavy atom. The van der Waals surface area contributed by atoms with Crippen molar-refractivity contribution < 1.29 is 23.7 Å². The topological polar surface area (TPSA) is 70.1 Å². The summed E-state index contributed by atoms with van der Waals surface area (Å²) >= 11 is 1.44. The van der Waals surface area contributed by atoms with Gasteiger partial charge in [0, 0.05) is 17.7 Å². The monoisotopic (exact) mass is 376 g/mol. The zero-order valence-electron chi connectivity index (χ0n) is 14.8. The molecular formula is C18H20N2O5S. The highest BCUT2D eigenvalue weighted by Crippen LogP contribution is 2.38. The summed E-state index contributed by atoms with van der Waals surface area (Å²) in [5.74, 6) is 1.53. The Morgan fingerprint density at radius 2 is 1.88 bits per heavy atom. The molecule has 0 spiro atoms. The summed E-state index contributed by atoms with van der Waals surface area (Å²) in [7, 11) is 4.66. The maximum Gasteiger partial charge on any atom is 0.273 e. The van der Waals surface area contributed by atoms with Gasteiger partial charge < -0.3 is 23.8 Å². The van der Waals surface area contributed by atoms with Crippen molar-refractivity contribution in [2.45, 2.75) is 6.10 Å². The van der Waals surface area contributed by atoms with Crippen LogP contribution in [0.3, 0.4) is 0 Å². The Balaban J connectivity index is 1.60. The number of nitrogens with zero attached hydrogens (tertiary/aromatic N) is 2. The van der Waals surface area contributed by atoms with Gasteiger partial charge in [-0.3, -0.25) is 4.79 Å². The first kappa shape index (κ1) is 18.1. The minimum absolute atomic E-state index is 0.000301. The number of hydrogen-bond acceptors (Lipinski definition) is 7. The third kappa shape index (κ3) is 3.91. The maximum atomic E-state index is 12.3. The largest absolute Gasteiger partial charge is 0.493 e. The van der Waals surface area contributed by atoms with Crippen LogP contribution in [-0.4, -0.2) is 56.3 Å². The van der Waals surface area contributed by atoms with Crippen LogP contribution in [0.4, 0.5) is 0 Å². The van der Waals surface area contributed by atoms with Crippen molar-refractivity contribution in [3.8, 4) is 22.4 Å². The van der Waals surface area contributed by atoms with E-state index >= 15 is 0 Å². The highest BCUT2D eigenvalue weighted by atomic mass is 32.1. The van der Waals surface area contributed by atoms with E-state index in [1.165, 1.54) is 17.4 Å². The normalized spacial score (nSPS) is 14.2. The fourth-order valence-corrected chi connectivity index (χ4v) is 3.13. The summed E-state index contributed by atoms with van der Waals surface area (Å²) in [5.41, 5.74) is 0.781. The van der Waals surface area contributed by atoms with Gasteiger partial charge in [0.15, 0.2) is 11.5 Å². The molecule has 1 amide bonds. The number of carbonyl (C=O) groups excluding carboxylic acids is 1. The number of likely N-dealkylation sites (tertiary alicyclic amines) is 1. The van der Waals surface area contributed by atoms with E-state index in [-0.39, 0.29) is 12.0 Å². The zero-order valence-corrected chi connectivity index (χ0v) is 15.6. The minimum atomic E-state index is -0.0715. The maximum absolute atomic E-state index is 12.3. The molecule has 0 saturated carbocycles. The molecule has 8 heteroatoms. The van der Waals surface area contributed by atoms with E-state index in [0.29, 0.717) is 35.5 Å². The van der Waals surface area contributed by atoms with Crippen molar-refractivity contribution >= 4 is 23.3 Å². The van der Waals surface area contributed by atoms with Crippen LogP contribution in [-0.2, 0) is 4.79 Å². The summed E-state index contributed by atoms with van der Waals surface area (Å²) in [5, 5.41) is 2.49. The van der Waals surface area contributed by atoms with Crippen LogP contribution < -0.4 is 18.9 Å². The van der Waals surface area contributed by atoms with Crippen LogP contribution in [0.25, 0.3) is 6.08 Å². The van der Waals surface area contributed by atoms with Crippen molar-refractivity contribution in [3.63, 3.8) is 0 Å². The first-order valence-corrected chi connectivity index (χ1v) is 8.85. The van der Waals surface area contributed by atoms with Gasteiger partial charge in [0.1, 0.15) is 6.10 Å². The van der Waals surface area contributed by atoms with Gasteiger partial charge in [-0.2, -0.15) is 0 Å². The van der Waals surface area contributed by atoms with Crippen LogP contribution in [0.2, 0.25) is 0 Å². The number of amides is 1. The molecule has 0 aliphatic carbocycles. The molecule has 0 bridgehead atoms. The van der Waals surface area contributed by atoms with Crippen LogP contribution >= 0.6 is 11.3 Å². The van der Waals surface area contributed by atoms with E-state index in [1.807, 2.05) is 5.38 Å². The molecule has 138 valence electrons. The van der Waals surface area contributed by atoms with E-state index in [4.69, 9.17) is 18.9 Å². The summed E-state index contributed by atoms with van der Waals surface area (Å²) < 4.78 is 21.6. The lowest BCUT2D eigenvalue weighted by Gasteiger charge is -2.37. The predicted octanol–water partition coefficient (Wildman–Crippen LogP) is 2.47. The predicted molar refractivity (Wildman–Crippen MR) is 98.2 cm³/mol.